The van der Waals surface area contributed by atoms with Crippen LogP contribution in [-0.2, 0) is 6.42 Å². The van der Waals surface area contributed by atoms with Gasteiger partial charge in [-0.3, -0.25) is 0 Å². The molecule has 0 aliphatic heterocycles. The average molecular weight is 161 g/mol. The smallest absolute Gasteiger partial charge is 0.215 e. The summed E-state index contributed by atoms with van der Waals surface area (Å²) in [5.41, 5.74) is 1.18. The summed E-state index contributed by atoms with van der Waals surface area (Å²) in [6.07, 6.45) is 1.82. The van der Waals surface area contributed by atoms with E-state index in [4.69, 9.17) is 11.7 Å². The van der Waals surface area contributed by atoms with Gasteiger partial charge in [0, 0.05) is 6.42 Å². The largest absolute Gasteiger partial charge is 0.508 e. The van der Waals surface area contributed by atoms with E-state index in [1.165, 1.54) is 5.56 Å². The molecule has 0 aliphatic carbocycles. The second-order valence-electron chi connectivity index (χ2n) is 2.65. The van der Waals surface area contributed by atoms with E-state index < -0.39 is 0 Å². The zero-order chi connectivity index (χ0) is 8.81. The average Bonchev–Trinajstić information content (AvgIpc) is 2.09. The van der Waals surface area contributed by atoms with Crippen molar-refractivity contribution in [3.8, 4) is 5.75 Å². The maximum Gasteiger partial charge on any atom is 0.215 e. The maximum absolute atomic E-state index is 8.98. The third-order valence-corrected chi connectivity index (χ3v) is 1.67. The van der Waals surface area contributed by atoms with Gasteiger partial charge >= 0.3 is 0 Å². The van der Waals surface area contributed by atoms with E-state index in [1.54, 1.807) is 12.1 Å². The number of benzene rings is 1. The van der Waals surface area contributed by atoms with Gasteiger partial charge in [-0.15, -0.1) is 0 Å². The Kier molecular flexibility index (Phi) is 3.16. The van der Waals surface area contributed by atoms with Crippen molar-refractivity contribution in [3.63, 3.8) is 0 Å². The Balaban J connectivity index is 2.43. The molecule has 0 atom stereocenters. The summed E-state index contributed by atoms with van der Waals surface area (Å²) in [6, 6.07) is 7.12. The highest BCUT2D eigenvalue weighted by molar-refractivity contribution is 5.25. The molecule has 1 N–H and O–H groups in total. The van der Waals surface area contributed by atoms with Crippen LogP contribution in [0.4, 0.5) is 0 Å². The van der Waals surface area contributed by atoms with E-state index in [9.17, 15) is 0 Å². The molecule has 1 rings (SSSR count). The van der Waals surface area contributed by atoms with Crippen LogP contribution < -0.4 is 0 Å². The normalized spacial score (nSPS) is 9.25. The van der Waals surface area contributed by atoms with E-state index in [0.717, 1.165) is 12.8 Å². The molecule has 62 valence electrons. The lowest BCUT2D eigenvalue weighted by atomic mass is 10.1. The van der Waals surface area contributed by atoms with Crippen molar-refractivity contribution in [2.75, 3.05) is 6.54 Å². The van der Waals surface area contributed by atoms with Gasteiger partial charge in [0.2, 0.25) is 6.54 Å². The number of phenols is 1. The Labute approximate surface area is 72.3 Å². The molecule has 0 saturated carbocycles. The van der Waals surface area contributed by atoms with Gasteiger partial charge in [0.1, 0.15) is 5.75 Å². The van der Waals surface area contributed by atoms with E-state index in [0.29, 0.717) is 12.3 Å². The van der Waals surface area contributed by atoms with Crippen molar-refractivity contribution >= 4 is 0 Å². The quantitative estimate of drug-likeness (QED) is 0.533. The molecule has 12 heavy (non-hydrogen) atoms. The minimum Gasteiger partial charge on any atom is -0.508 e. The Morgan fingerprint density at radius 2 is 1.92 bits per heavy atom. The summed E-state index contributed by atoms with van der Waals surface area (Å²) < 4.78 is 0. The van der Waals surface area contributed by atoms with E-state index in [2.05, 4.69) is 4.85 Å². The molecule has 0 amide bonds. The van der Waals surface area contributed by atoms with Crippen LogP contribution in [0.2, 0.25) is 0 Å². The van der Waals surface area contributed by atoms with Crippen molar-refractivity contribution in [2.45, 2.75) is 12.8 Å². The predicted octanol–water partition coefficient (Wildman–Crippen LogP) is 2.24. The second-order valence-corrected chi connectivity index (χ2v) is 2.65. The van der Waals surface area contributed by atoms with Crippen LogP contribution in [0.5, 0.6) is 5.75 Å². The molecular weight excluding hydrogens is 150 g/mol. The Hall–Kier alpha value is -1.49. The molecule has 1 aromatic carbocycles. The molecule has 0 aromatic heterocycles. The fraction of sp³-hybridized carbons (Fsp3) is 0.300. The predicted molar refractivity (Wildman–Crippen MR) is 47.9 cm³/mol. The lowest BCUT2D eigenvalue weighted by Gasteiger charge is -1.96. The topological polar surface area (TPSA) is 24.6 Å². The van der Waals surface area contributed by atoms with Gasteiger partial charge in [0.25, 0.3) is 0 Å². The fourth-order valence-electron chi connectivity index (χ4n) is 1.02. The molecule has 0 saturated heterocycles. The van der Waals surface area contributed by atoms with Gasteiger partial charge in [0.05, 0.1) is 0 Å². The first-order chi connectivity index (χ1) is 5.83. The van der Waals surface area contributed by atoms with E-state index in [1.807, 2.05) is 12.1 Å². The molecule has 0 spiro atoms. The minimum absolute atomic E-state index is 0.295. The molecule has 0 heterocycles. The molecule has 0 aliphatic rings. The molecular formula is C10H11NO. The number of nitrogens with zero attached hydrogens (tertiary/aromatic N) is 1. The summed E-state index contributed by atoms with van der Waals surface area (Å²) >= 11 is 0. The summed E-state index contributed by atoms with van der Waals surface area (Å²) in [6.45, 7) is 7.17. The molecule has 0 unspecified atom stereocenters. The van der Waals surface area contributed by atoms with Gasteiger partial charge in [-0.1, -0.05) is 12.1 Å². The van der Waals surface area contributed by atoms with Crippen LogP contribution in [0.1, 0.15) is 12.0 Å². The number of hydrogen-bond acceptors (Lipinski definition) is 1. The zero-order valence-electron chi connectivity index (χ0n) is 6.83. The summed E-state index contributed by atoms with van der Waals surface area (Å²) in [5.74, 6) is 0.295. The Morgan fingerprint density at radius 1 is 1.25 bits per heavy atom. The van der Waals surface area contributed by atoms with Crippen molar-refractivity contribution in [1.29, 1.82) is 0 Å². The highest BCUT2D eigenvalue weighted by Crippen LogP contribution is 2.10. The number of hydrogen-bond donors (Lipinski definition) is 1. The van der Waals surface area contributed by atoms with E-state index in [-0.39, 0.29) is 0 Å². The lowest BCUT2D eigenvalue weighted by molar-refractivity contribution is 0.475. The van der Waals surface area contributed by atoms with Crippen LogP contribution in [0.25, 0.3) is 4.85 Å². The maximum atomic E-state index is 8.98. The Morgan fingerprint density at radius 3 is 2.50 bits per heavy atom. The molecule has 0 fully saturated rings. The first-order valence-corrected chi connectivity index (χ1v) is 3.94. The Bertz CT molecular complexity index is 271. The van der Waals surface area contributed by atoms with Crippen molar-refractivity contribution in [1.82, 2.24) is 0 Å². The third kappa shape index (κ3) is 2.63. The first kappa shape index (κ1) is 8.61. The molecule has 2 nitrogen and oxygen atoms in total. The molecule has 2 heteroatoms. The SMILES string of the molecule is [C-]#[N+]CCCc1ccc(O)cc1. The van der Waals surface area contributed by atoms with Crippen molar-refractivity contribution in [2.24, 2.45) is 0 Å². The van der Waals surface area contributed by atoms with Gasteiger partial charge in [-0.25, -0.2) is 6.57 Å². The summed E-state index contributed by atoms with van der Waals surface area (Å²) in [4.78, 5) is 3.27. The van der Waals surface area contributed by atoms with Gasteiger partial charge in [0.15, 0.2) is 0 Å². The van der Waals surface area contributed by atoms with E-state index >= 15 is 0 Å². The first-order valence-electron chi connectivity index (χ1n) is 3.94. The van der Waals surface area contributed by atoms with Gasteiger partial charge in [-0.05, 0) is 24.1 Å². The van der Waals surface area contributed by atoms with Crippen LogP contribution >= 0.6 is 0 Å². The standard InChI is InChI=1S/C10H11NO/c1-11-8-2-3-9-4-6-10(12)7-5-9/h4-7,12H,2-3,8H2. The number of rotatable bonds is 3. The summed E-state index contributed by atoms with van der Waals surface area (Å²) in [7, 11) is 0. The molecule has 1 aromatic rings. The zero-order valence-corrected chi connectivity index (χ0v) is 6.83. The van der Waals surface area contributed by atoms with Crippen LogP contribution in [-0.4, -0.2) is 11.7 Å². The second kappa shape index (κ2) is 4.40. The third-order valence-electron chi connectivity index (χ3n) is 1.67. The molecule has 0 radical (unpaired) electrons. The highest BCUT2D eigenvalue weighted by atomic mass is 16.3. The number of phenolic OH excluding ortho intramolecular Hbond substituents is 1. The van der Waals surface area contributed by atoms with Gasteiger partial charge < -0.3 is 9.95 Å². The number of aryl methyl sites for hydroxylation is 1. The summed E-state index contributed by atoms with van der Waals surface area (Å²) in [5, 5.41) is 8.98. The highest BCUT2D eigenvalue weighted by Gasteiger charge is 1.94. The van der Waals surface area contributed by atoms with Gasteiger partial charge in [-0.2, -0.15) is 0 Å². The van der Waals surface area contributed by atoms with Crippen LogP contribution in [0.15, 0.2) is 24.3 Å². The fourth-order valence-corrected chi connectivity index (χ4v) is 1.02. The molecule has 0 bridgehead atoms. The van der Waals surface area contributed by atoms with Crippen molar-refractivity contribution < 1.29 is 5.11 Å². The van der Waals surface area contributed by atoms with Crippen molar-refractivity contribution in [3.05, 3.63) is 41.2 Å². The lowest BCUT2D eigenvalue weighted by Crippen LogP contribution is -1.85. The monoisotopic (exact) mass is 161 g/mol. The number of aromatic hydroxyl groups is 1. The van der Waals surface area contributed by atoms with Crippen LogP contribution in [0.3, 0.4) is 0 Å². The minimum atomic E-state index is 0.295. The van der Waals surface area contributed by atoms with Crippen LogP contribution in [0, 0.1) is 6.57 Å².